The summed E-state index contributed by atoms with van der Waals surface area (Å²) >= 11 is 0. The summed E-state index contributed by atoms with van der Waals surface area (Å²) in [5, 5.41) is 13.4. The molecular weight excluding hydrogens is 212 g/mol. The van der Waals surface area contributed by atoms with Crippen molar-refractivity contribution in [3.63, 3.8) is 0 Å². The van der Waals surface area contributed by atoms with Crippen LogP contribution in [0.25, 0.3) is 0 Å². The standard InChI is InChI=1S/C14H30N2O/c1-12(2)16(10-8-14(3,4)17)11-13-7-5-6-9-15-13/h12-13,15,17H,5-11H2,1-4H3. The van der Waals surface area contributed by atoms with E-state index in [1.54, 1.807) is 0 Å². The van der Waals surface area contributed by atoms with E-state index in [2.05, 4.69) is 24.1 Å². The van der Waals surface area contributed by atoms with Crippen molar-refractivity contribution in [1.82, 2.24) is 10.2 Å². The molecule has 17 heavy (non-hydrogen) atoms. The number of piperidine rings is 1. The van der Waals surface area contributed by atoms with Crippen molar-refractivity contribution >= 4 is 0 Å². The van der Waals surface area contributed by atoms with Gasteiger partial charge in [0.05, 0.1) is 5.60 Å². The molecular formula is C14H30N2O. The summed E-state index contributed by atoms with van der Waals surface area (Å²) in [6.45, 7) is 11.5. The Balaban J connectivity index is 2.37. The Labute approximate surface area is 107 Å². The van der Waals surface area contributed by atoms with Crippen molar-refractivity contribution in [3.8, 4) is 0 Å². The maximum Gasteiger partial charge on any atom is 0.0603 e. The first-order valence-electron chi connectivity index (χ1n) is 7.08. The summed E-state index contributed by atoms with van der Waals surface area (Å²) in [5.74, 6) is 0. The highest BCUT2D eigenvalue weighted by Gasteiger charge is 2.21. The molecule has 0 bridgehead atoms. The highest BCUT2D eigenvalue weighted by atomic mass is 16.3. The first-order chi connectivity index (χ1) is 7.88. The molecule has 3 heteroatoms. The van der Waals surface area contributed by atoms with Gasteiger partial charge < -0.3 is 10.4 Å². The number of nitrogens with zero attached hydrogens (tertiary/aromatic N) is 1. The predicted octanol–water partition coefficient (Wildman–Crippen LogP) is 2.00. The molecule has 0 spiro atoms. The van der Waals surface area contributed by atoms with E-state index in [0.29, 0.717) is 12.1 Å². The van der Waals surface area contributed by atoms with Crippen LogP contribution >= 0.6 is 0 Å². The molecule has 1 fully saturated rings. The summed E-state index contributed by atoms with van der Waals surface area (Å²) in [7, 11) is 0. The third kappa shape index (κ3) is 6.39. The average Bonchev–Trinajstić information content (AvgIpc) is 2.24. The van der Waals surface area contributed by atoms with Crippen LogP contribution in [-0.2, 0) is 0 Å². The molecule has 0 aliphatic carbocycles. The summed E-state index contributed by atoms with van der Waals surface area (Å²) in [5.41, 5.74) is -0.548. The minimum Gasteiger partial charge on any atom is -0.390 e. The van der Waals surface area contributed by atoms with E-state index in [1.165, 1.54) is 25.8 Å². The molecule has 2 N–H and O–H groups in total. The molecule has 3 nitrogen and oxygen atoms in total. The Morgan fingerprint density at radius 2 is 2.06 bits per heavy atom. The minimum absolute atomic E-state index is 0.548. The number of hydrogen-bond donors (Lipinski definition) is 2. The second-order valence-corrected chi connectivity index (χ2v) is 6.30. The molecule has 0 saturated carbocycles. The smallest absolute Gasteiger partial charge is 0.0603 e. The summed E-state index contributed by atoms with van der Waals surface area (Å²) < 4.78 is 0. The molecule has 1 rings (SSSR count). The van der Waals surface area contributed by atoms with E-state index in [-0.39, 0.29) is 0 Å². The van der Waals surface area contributed by atoms with Crippen LogP contribution in [0.3, 0.4) is 0 Å². The zero-order valence-electron chi connectivity index (χ0n) is 12.0. The fraction of sp³-hybridized carbons (Fsp3) is 1.00. The largest absolute Gasteiger partial charge is 0.390 e. The molecule has 0 aromatic carbocycles. The highest BCUT2D eigenvalue weighted by Crippen LogP contribution is 2.13. The molecule has 0 amide bonds. The van der Waals surface area contributed by atoms with Crippen molar-refractivity contribution < 1.29 is 5.11 Å². The van der Waals surface area contributed by atoms with Crippen molar-refractivity contribution in [2.75, 3.05) is 19.6 Å². The summed E-state index contributed by atoms with van der Waals surface area (Å²) in [6, 6.07) is 1.20. The molecule has 0 aromatic heterocycles. The quantitative estimate of drug-likeness (QED) is 0.748. The van der Waals surface area contributed by atoms with Gasteiger partial charge in [0.15, 0.2) is 0 Å². The fourth-order valence-electron chi connectivity index (χ4n) is 2.34. The topological polar surface area (TPSA) is 35.5 Å². The molecule has 1 aliphatic rings. The van der Waals surface area contributed by atoms with Crippen LogP contribution in [0.5, 0.6) is 0 Å². The Bertz CT molecular complexity index is 205. The number of rotatable bonds is 6. The zero-order chi connectivity index (χ0) is 12.9. The minimum atomic E-state index is -0.548. The van der Waals surface area contributed by atoms with Gasteiger partial charge in [-0.15, -0.1) is 0 Å². The van der Waals surface area contributed by atoms with Crippen LogP contribution < -0.4 is 5.32 Å². The third-order valence-corrected chi connectivity index (χ3v) is 3.61. The van der Waals surface area contributed by atoms with Crippen LogP contribution in [0.15, 0.2) is 0 Å². The van der Waals surface area contributed by atoms with E-state index in [0.717, 1.165) is 19.5 Å². The normalized spacial score (nSPS) is 22.4. The lowest BCUT2D eigenvalue weighted by atomic mass is 10.0. The molecule has 1 heterocycles. The van der Waals surface area contributed by atoms with Gasteiger partial charge in [0.25, 0.3) is 0 Å². The van der Waals surface area contributed by atoms with Crippen molar-refractivity contribution in [3.05, 3.63) is 0 Å². The molecule has 1 aliphatic heterocycles. The van der Waals surface area contributed by atoms with Gasteiger partial charge in [0.1, 0.15) is 0 Å². The van der Waals surface area contributed by atoms with Crippen LogP contribution in [0.2, 0.25) is 0 Å². The molecule has 0 aromatic rings. The second kappa shape index (κ2) is 6.72. The molecule has 102 valence electrons. The van der Waals surface area contributed by atoms with Gasteiger partial charge in [-0.3, -0.25) is 4.90 Å². The van der Waals surface area contributed by atoms with Crippen LogP contribution in [-0.4, -0.2) is 47.3 Å². The van der Waals surface area contributed by atoms with E-state index >= 15 is 0 Å². The molecule has 1 unspecified atom stereocenters. The SMILES string of the molecule is CC(C)N(CCC(C)(C)O)CC1CCCCN1. The van der Waals surface area contributed by atoms with Gasteiger partial charge in [-0.2, -0.15) is 0 Å². The first-order valence-corrected chi connectivity index (χ1v) is 7.08. The second-order valence-electron chi connectivity index (χ2n) is 6.30. The van der Waals surface area contributed by atoms with Gasteiger partial charge in [-0.1, -0.05) is 6.42 Å². The molecule has 1 saturated heterocycles. The zero-order valence-corrected chi connectivity index (χ0v) is 12.0. The monoisotopic (exact) mass is 242 g/mol. The van der Waals surface area contributed by atoms with Gasteiger partial charge in [-0.25, -0.2) is 0 Å². The van der Waals surface area contributed by atoms with Crippen molar-refractivity contribution in [2.45, 2.75) is 71.1 Å². The molecule has 1 atom stereocenters. The first kappa shape index (κ1) is 14.9. The van der Waals surface area contributed by atoms with Gasteiger partial charge in [0, 0.05) is 25.2 Å². The number of hydrogen-bond acceptors (Lipinski definition) is 3. The Morgan fingerprint density at radius 3 is 2.53 bits per heavy atom. The highest BCUT2D eigenvalue weighted by molar-refractivity contribution is 4.79. The Hall–Kier alpha value is -0.120. The van der Waals surface area contributed by atoms with Crippen LogP contribution in [0.1, 0.15) is 53.4 Å². The Morgan fingerprint density at radius 1 is 1.35 bits per heavy atom. The van der Waals surface area contributed by atoms with Gasteiger partial charge >= 0.3 is 0 Å². The van der Waals surface area contributed by atoms with Crippen molar-refractivity contribution in [1.29, 1.82) is 0 Å². The van der Waals surface area contributed by atoms with E-state index < -0.39 is 5.60 Å². The third-order valence-electron chi connectivity index (χ3n) is 3.61. The number of nitrogens with one attached hydrogen (secondary N) is 1. The fourth-order valence-corrected chi connectivity index (χ4v) is 2.34. The van der Waals surface area contributed by atoms with E-state index in [1.807, 2.05) is 13.8 Å². The number of aliphatic hydroxyl groups is 1. The van der Waals surface area contributed by atoms with E-state index in [4.69, 9.17) is 0 Å². The Kier molecular flexibility index (Phi) is 5.90. The predicted molar refractivity (Wildman–Crippen MR) is 73.3 cm³/mol. The average molecular weight is 242 g/mol. The van der Waals surface area contributed by atoms with Gasteiger partial charge in [-0.05, 0) is 53.5 Å². The summed E-state index contributed by atoms with van der Waals surface area (Å²) in [4.78, 5) is 2.49. The summed E-state index contributed by atoms with van der Waals surface area (Å²) in [6.07, 6.45) is 4.82. The lowest BCUT2D eigenvalue weighted by molar-refractivity contribution is 0.0506. The lowest BCUT2D eigenvalue weighted by Gasteiger charge is -2.34. The van der Waals surface area contributed by atoms with Crippen LogP contribution in [0, 0.1) is 0 Å². The van der Waals surface area contributed by atoms with E-state index in [9.17, 15) is 5.11 Å². The maximum absolute atomic E-state index is 9.81. The lowest BCUT2D eigenvalue weighted by Crippen LogP contribution is -2.47. The maximum atomic E-state index is 9.81. The van der Waals surface area contributed by atoms with Crippen molar-refractivity contribution in [2.24, 2.45) is 0 Å². The van der Waals surface area contributed by atoms with Gasteiger partial charge in [0.2, 0.25) is 0 Å². The van der Waals surface area contributed by atoms with Crippen LogP contribution in [0.4, 0.5) is 0 Å². The molecule has 0 radical (unpaired) electrons.